The van der Waals surface area contributed by atoms with Gasteiger partial charge in [0.2, 0.25) is 10.0 Å². The van der Waals surface area contributed by atoms with Crippen LogP contribution in [0.3, 0.4) is 0 Å². The third kappa shape index (κ3) is 7.77. The molecule has 1 N–H and O–H groups in total. The molecule has 0 aromatic heterocycles. The molecule has 2 rings (SSSR count). The first-order chi connectivity index (χ1) is 13.9. The first kappa shape index (κ1) is 26.8. The number of anilines is 1. The topological polar surface area (TPSA) is 77.5 Å². The molecule has 0 spiro atoms. The number of ether oxygens (including phenoxy) is 1. The first-order valence-corrected chi connectivity index (χ1v) is 11.9. The summed E-state index contributed by atoms with van der Waals surface area (Å²) in [7, 11) is 0.187. The molecule has 1 aromatic carbocycles. The molecule has 1 fully saturated rings. The fraction of sp³-hybridized carbons (Fsp3) is 0.650. The number of hydrogen-bond donors (Lipinski definition) is 1. The molecule has 1 aliphatic heterocycles. The predicted molar refractivity (Wildman–Crippen MR) is 135 cm³/mol. The zero-order chi connectivity index (χ0) is 21.3. The SMILES string of the molecule is CCNC(=NCCCN(C)S(=O)(=O)CC)N1CCN(c2ccc(OC)cc2)CC1.I. The smallest absolute Gasteiger partial charge is 0.213 e. The van der Waals surface area contributed by atoms with E-state index in [9.17, 15) is 8.42 Å². The minimum absolute atomic E-state index is 0. The van der Waals surface area contributed by atoms with Gasteiger partial charge in [0.15, 0.2) is 5.96 Å². The van der Waals surface area contributed by atoms with E-state index in [0.717, 1.165) is 44.4 Å². The molecule has 0 atom stereocenters. The van der Waals surface area contributed by atoms with E-state index in [1.54, 1.807) is 21.1 Å². The molecular weight excluding hydrogens is 517 g/mol. The van der Waals surface area contributed by atoms with Gasteiger partial charge in [-0.1, -0.05) is 0 Å². The van der Waals surface area contributed by atoms with Crippen molar-refractivity contribution in [3.8, 4) is 5.75 Å². The molecule has 0 saturated carbocycles. The second-order valence-electron chi connectivity index (χ2n) is 6.98. The second kappa shape index (κ2) is 13.2. The molecule has 1 heterocycles. The van der Waals surface area contributed by atoms with Crippen LogP contribution in [0, 0.1) is 0 Å². The lowest BCUT2D eigenvalue weighted by atomic mass is 10.2. The summed E-state index contributed by atoms with van der Waals surface area (Å²) >= 11 is 0. The van der Waals surface area contributed by atoms with Gasteiger partial charge in [0.1, 0.15) is 5.75 Å². The molecule has 0 aliphatic carbocycles. The van der Waals surface area contributed by atoms with Gasteiger partial charge in [0.25, 0.3) is 0 Å². The number of rotatable bonds is 9. The van der Waals surface area contributed by atoms with Crippen molar-refractivity contribution >= 4 is 45.6 Å². The van der Waals surface area contributed by atoms with E-state index in [0.29, 0.717) is 19.5 Å². The van der Waals surface area contributed by atoms with Gasteiger partial charge in [-0.25, -0.2) is 12.7 Å². The molecule has 1 aromatic rings. The number of benzene rings is 1. The zero-order valence-electron chi connectivity index (χ0n) is 18.5. The maximum Gasteiger partial charge on any atom is 0.213 e. The number of nitrogens with zero attached hydrogens (tertiary/aromatic N) is 4. The number of guanidine groups is 1. The van der Waals surface area contributed by atoms with Crippen molar-refractivity contribution in [2.24, 2.45) is 4.99 Å². The summed E-state index contributed by atoms with van der Waals surface area (Å²) in [4.78, 5) is 9.35. The predicted octanol–water partition coefficient (Wildman–Crippen LogP) is 2.07. The van der Waals surface area contributed by atoms with Crippen LogP contribution < -0.4 is 15.0 Å². The van der Waals surface area contributed by atoms with Gasteiger partial charge in [-0.3, -0.25) is 4.99 Å². The lowest BCUT2D eigenvalue weighted by Crippen LogP contribution is -2.52. The van der Waals surface area contributed by atoms with E-state index in [1.165, 1.54) is 9.99 Å². The van der Waals surface area contributed by atoms with Crippen LogP contribution in [-0.2, 0) is 10.0 Å². The number of nitrogens with one attached hydrogen (secondary N) is 1. The third-order valence-corrected chi connectivity index (χ3v) is 6.95. The maximum absolute atomic E-state index is 11.8. The number of hydrogen-bond acceptors (Lipinski definition) is 5. The fourth-order valence-electron chi connectivity index (χ4n) is 3.23. The van der Waals surface area contributed by atoms with Crippen molar-refractivity contribution in [2.45, 2.75) is 20.3 Å². The summed E-state index contributed by atoms with van der Waals surface area (Å²) in [5, 5.41) is 3.36. The Bertz CT molecular complexity index is 750. The van der Waals surface area contributed by atoms with E-state index >= 15 is 0 Å². The molecule has 0 radical (unpaired) electrons. The maximum atomic E-state index is 11.8. The summed E-state index contributed by atoms with van der Waals surface area (Å²) in [6.07, 6.45) is 0.705. The molecule has 30 heavy (non-hydrogen) atoms. The largest absolute Gasteiger partial charge is 0.497 e. The van der Waals surface area contributed by atoms with Gasteiger partial charge in [-0.15, -0.1) is 24.0 Å². The van der Waals surface area contributed by atoms with Gasteiger partial charge in [-0.05, 0) is 44.5 Å². The van der Waals surface area contributed by atoms with Crippen LogP contribution in [-0.4, -0.2) is 89.3 Å². The summed E-state index contributed by atoms with van der Waals surface area (Å²) in [5.74, 6) is 1.91. The standard InChI is InChI=1S/C20H35N5O3S.HI/c1-5-21-20(22-12-7-13-23(3)29(26,27)6-2)25-16-14-24(15-17-25)18-8-10-19(28-4)11-9-18;/h8-11H,5-7,12-17H2,1-4H3,(H,21,22);1H. The Kier molecular flexibility index (Phi) is 11.8. The van der Waals surface area contributed by atoms with E-state index in [1.807, 2.05) is 12.1 Å². The Balaban J connectivity index is 0.00000450. The van der Waals surface area contributed by atoms with Gasteiger partial charge in [-0.2, -0.15) is 0 Å². The van der Waals surface area contributed by atoms with E-state index in [-0.39, 0.29) is 29.7 Å². The van der Waals surface area contributed by atoms with Crippen molar-refractivity contribution in [2.75, 3.05) is 70.6 Å². The first-order valence-electron chi connectivity index (χ1n) is 10.3. The van der Waals surface area contributed by atoms with Crippen molar-refractivity contribution in [1.29, 1.82) is 0 Å². The van der Waals surface area contributed by atoms with E-state index < -0.39 is 10.0 Å². The summed E-state index contributed by atoms with van der Waals surface area (Å²) in [6, 6.07) is 8.16. The van der Waals surface area contributed by atoms with Crippen LogP contribution in [0.2, 0.25) is 0 Å². The van der Waals surface area contributed by atoms with Crippen LogP contribution in [0.25, 0.3) is 0 Å². The average Bonchev–Trinajstić information content (AvgIpc) is 2.76. The van der Waals surface area contributed by atoms with E-state index in [2.05, 4.69) is 34.2 Å². The van der Waals surface area contributed by atoms with Crippen LogP contribution >= 0.6 is 24.0 Å². The Morgan fingerprint density at radius 1 is 1.17 bits per heavy atom. The molecule has 1 aliphatic rings. The fourth-order valence-corrected chi connectivity index (χ4v) is 4.08. The van der Waals surface area contributed by atoms with Crippen LogP contribution in [0.5, 0.6) is 5.75 Å². The van der Waals surface area contributed by atoms with Crippen molar-refractivity contribution in [3.05, 3.63) is 24.3 Å². The number of aliphatic imine (C=N–C) groups is 1. The number of piperazine rings is 1. The monoisotopic (exact) mass is 553 g/mol. The van der Waals surface area contributed by atoms with Crippen LogP contribution in [0.4, 0.5) is 5.69 Å². The molecule has 172 valence electrons. The lowest BCUT2D eigenvalue weighted by Gasteiger charge is -2.37. The van der Waals surface area contributed by atoms with Gasteiger partial charge in [0.05, 0.1) is 12.9 Å². The molecule has 10 heteroatoms. The number of halogens is 1. The Morgan fingerprint density at radius 2 is 1.80 bits per heavy atom. The van der Waals surface area contributed by atoms with Crippen molar-refractivity contribution in [3.63, 3.8) is 0 Å². The summed E-state index contributed by atoms with van der Waals surface area (Å²) in [6.45, 7) is 9.26. The minimum Gasteiger partial charge on any atom is -0.497 e. The quantitative estimate of drug-likeness (QED) is 0.219. The molecule has 8 nitrogen and oxygen atoms in total. The molecule has 0 bridgehead atoms. The third-order valence-electron chi connectivity index (χ3n) is 5.08. The van der Waals surface area contributed by atoms with Crippen LogP contribution in [0.1, 0.15) is 20.3 Å². The second-order valence-corrected chi connectivity index (χ2v) is 9.35. The average molecular weight is 554 g/mol. The summed E-state index contributed by atoms with van der Waals surface area (Å²) < 4.78 is 30.3. The highest BCUT2D eigenvalue weighted by molar-refractivity contribution is 14.0. The molecule has 0 unspecified atom stereocenters. The van der Waals surface area contributed by atoms with Crippen molar-refractivity contribution < 1.29 is 13.2 Å². The highest BCUT2D eigenvalue weighted by Gasteiger charge is 2.20. The molecule has 0 amide bonds. The highest BCUT2D eigenvalue weighted by Crippen LogP contribution is 2.20. The lowest BCUT2D eigenvalue weighted by molar-refractivity contribution is 0.372. The highest BCUT2D eigenvalue weighted by atomic mass is 127. The van der Waals surface area contributed by atoms with Gasteiger partial charge in [0, 0.05) is 58.5 Å². The van der Waals surface area contributed by atoms with E-state index in [4.69, 9.17) is 9.73 Å². The van der Waals surface area contributed by atoms with Gasteiger partial charge < -0.3 is 19.9 Å². The number of sulfonamides is 1. The van der Waals surface area contributed by atoms with Crippen LogP contribution in [0.15, 0.2) is 29.3 Å². The molecular formula is C20H36IN5O3S. The Morgan fingerprint density at radius 3 is 2.33 bits per heavy atom. The normalized spacial score (nSPS) is 15.2. The number of methoxy groups -OCH3 is 1. The molecule has 1 saturated heterocycles. The minimum atomic E-state index is -3.12. The Labute approximate surface area is 198 Å². The van der Waals surface area contributed by atoms with Gasteiger partial charge >= 0.3 is 0 Å². The van der Waals surface area contributed by atoms with Crippen molar-refractivity contribution in [1.82, 2.24) is 14.5 Å². The summed E-state index contributed by atoms with van der Waals surface area (Å²) in [5.41, 5.74) is 1.20. The Hall–Kier alpha value is -1.27. The zero-order valence-corrected chi connectivity index (χ0v) is 21.7.